The van der Waals surface area contributed by atoms with Gasteiger partial charge in [-0.05, 0) is 0 Å². The topological polar surface area (TPSA) is 56.1 Å². The summed E-state index contributed by atoms with van der Waals surface area (Å²) in [5.41, 5.74) is 1.11. The van der Waals surface area contributed by atoms with E-state index in [0.717, 1.165) is 12.1 Å². The third-order valence-corrected chi connectivity index (χ3v) is 1.82. The highest BCUT2D eigenvalue weighted by molar-refractivity contribution is 5.69. The fourth-order valence-electron chi connectivity index (χ4n) is 1.09. The van der Waals surface area contributed by atoms with Crippen LogP contribution >= 0.6 is 0 Å². The van der Waals surface area contributed by atoms with Crippen molar-refractivity contribution in [2.45, 2.75) is 13.0 Å². The molecule has 0 unspecified atom stereocenters. The number of methoxy groups -OCH3 is 1. The van der Waals surface area contributed by atoms with Crippen molar-refractivity contribution in [3.63, 3.8) is 0 Å². The number of aryl methyl sites for hydroxylation is 1. The van der Waals surface area contributed by atoms with Gasteiger partial charge in [0.1, 0.15) is 0 Å². The molecular weight excluding hydrogens is 182 g/mol. The molecular formula is C9H15N3O2. The number of carbonyl (C=O) groups excluding carboxylic acids is 1. The zero-order valence-electron chi connectivity index (χ0n) is 8.49. The van der Waals surface area contributed by atoms with E-state index in [2.05, 4.69) is 15.2 Å². The molecule has 0 atom stereocenters. The average Bonchev–Trinajstić information content (AvgIpc) is 2.58. The number of nitrogens with zero attached hydrogens (tertiary/aromatic N) is 2. The van der Waals surface area contributed by atoms with Gasteiger partial charge in [0.15, 0.2) is 0 Å². The van der Waals surface area contributed by atoms with Crippen molar-refractivity contribution in [1.82, 2.24) is 15.1 Å². The lowest BCUT2D eigenvalue weighted by molar-refractivity contribution is -0.140. The molecule has 0 amide bonds. The van der Waals surface area contributed by atoms with E-state index in [1.165, 1.54) is 7.11 Å². The summed E-state index contributed by atoms with van der Waals surface area (Å²) in [5.74, 6) is -0.191. The molecule has 0 bridgehead atoms. The van der Waals surface area contributed by atoms with E-state index in [1.807, 2.05) is 13.2 Å². The molecule has 1 aromatic rings. The standard InChI is InChI=1S/C9H15N3O2/c1-12-7-8(6-11-12)5-10-4-3-9(13)14-2/h6-7,10H,3-5H2,1-2H3. The van der Waals surface area contributed by atoms with Crippen LogP contribution in [0.2, 0.25) is 0 Å². The van der Waals surface area contributed by atoms with E-state index in [1.54, 1.807) is 10.9 Å². The molecule has 0 aliphatic rings. The summed E-state index contributed by atoms with van der Waals surface area (Å²) in [4.78, 5) is 10.7. The summed E-state index contributed by atoms with van der Waals surface area (Å²) < 4.78 is 6.26. The number of esters is 1. The maximum Gasteiger partial charge on any atom is 0.306 e. The molecule has 1 aromatic heterocycles. The summed E-state index contributed by atoms with van der Waals surface area (Å²) in [6.07, 6.45) is 4.13. The Hall–Kier alpha value is -1.36. The third kappa shape index (κ3) is 3.57. The maximum atomic E-state index is 10.7. The minimum absolute atomic E-state index is 0.191. The molecule has 0 radical (unpaired) electrons. The van der Waals surface area contributed by atoms with Crippen molar-refractivity contribution in [2.24, 2.45) is 7.05 Å². The van der Waals surface area contributed by atoms with Crippen LogP contribution < -0.4 is 5.32 Å². The molecule has 0 aliphatic carbocycles. The Morgan fingerprint density at radius 1 is 1.71 bits per heavy atom. The minimum atomic E-state index is -0.191. The molecule has 0 spiro atoms. The Labute approximate surface area is 83.1 Å². The molecule has 5 nitrogen and oxygen atoms in total. The number of carbonyl (C=O) groups is 1. The predicted molar refractivity (Wildman–Crippen MR) is 51.5 cm³/mol. The van der Waals surface area contributed by atoms with Crippen molar-refractivity contribution in [3.8, 4) is 0 Å². The lowest BCUT2D eigenvalue weighted by Crippen LogP contribution is -2.18. The molecule has 78 valence electrons. The summed E-state index contributed by atoms with van der Waals surface area (Å²) in [7, 11) is 3.27. The van der Waals surface area contributed by atoms with Crippen molar-refractivity contribution in [3.05, 3.63) is 18.0 Å². The predicted octanol–water partition coefficient (Wildman–Crippen LogP) is 0.0728. The van der Waals surface area contributed by atoms with Crippen LogP contribution in [0.15, 0.2) is 12.4 Å². The second kappa shape index (κ2) is 5.39. The van der Waals surface area contributed by atoms with E-state index in [-0.39, 0.29) is 5.97 Å². The smallest absolute Gasteiger partial charge is 0.306 e. The van der Waals surface area contributed by atoms with Crippen molar-refractivity contribution in [1.29, 1.82) is 0 Å². The van der Waals surface area contributed by atoms with Crippen LogP contribution in [-0.4, -0.2) is 29.4 Å². The van der Waals surface area contributed by atoms with Crippen molar-refractivity contribution in [2.75, 3.05) is 13.7 Å². The first kappa shape index (κ1) is 10.7. The lowest BCUT2D eigenvalue weighted by Gasteiger charge is -2.01. The zero-order chi connectivity index (χ0) is 10.4. The highest BCUT2D eigenvalue weighted by Gasteiger charge is 1.99. The first-order valence-corrected chi connectivity index (χ1v) is 4.47. The number of nitrogens with one attached hydrogen (secondary N) is 1. The molecule has 0 fully saturated rings. The van der Waals surface area contributed by atoms with E-state index in [0.29, 0.717) is 13.0 Å². The first-order valence-electron chi connectivity index (χ1n) is 4.47. The molecule has 0 aromatic carbocycles. The maximum absolute atomic E-state index is 10.7. The molecule has 0 saturated heterocycles. The van der Waals surface area contributed by atoms with Gasteiger partial charge >= 0.3 is 5.97 Å². The van der Waals surface area contributed by atoms with Gasteiger partial charge in [0.25, 0.3) is 0 Å². The normalized spacial score (nSPS) is 10.1. The number of hydrogen-bond acceptors (Lipinski definition) is 4. The Morgan fingerprint density at radius 3 is 3.07 bits per heavy atom. The fourth-order valence-corrected chi connectivity index (χ4v) is 1.09. The Bertz CT molecular complexity index is 296. The van der Waals surface area contributed by atoms with Crippen LogP contribution in [0.1, 0.15) is 12.0 Å². The van der Waals surface area contributed by atoms with Gasteiger partial charge in [-0.3, -0.25) is 9.48 Å². The van der Waals surface area contributed by atoms with Crippen LogP contribution in [0.3, 0.4) is 0 Å². The average molecular weight is 197 g/mol. The van der Waals surface area contributed by atoms with Crippen molar-refractivity contribution < 1.29 is 9.53 Å². The number of aromatic nitrogens is 2. The Morgan fingerprint density at radius 2 is 2.50 bits per heavy atom. The summed E-state index contributed by atoms with van der Waals surface area (Å²) in [6.45, 7) is 1.35. The van der Waals surface area contributed by atoms with Crippen LogP contribution in [0.5, 0.6) is 0 Å². The third-order valence-electron chi connectivity index (χ3n) is 1.82. The minimum Gasteiger partial charge on any atom is -0.469 e. The molecule has 0 saturated carbocycles. The second-order valence-corrected chi connectivity index (χ2v) is 3.03. The fraction of sp³-hybridized carbons (Fsp3) is 0.556. The van der Waals surface area contributed by atoms with E-state index >= 15 is 0 Å². The SMILES string of the molecule is COC(=O)CCNCc1cnn(C)c1. The highest BCUT2D eigenvalue weighted by atomic mass is 16.5. The second-order valence-electron chi connectivity index (χ2n) is 3.03. The Kier molecular flexibility index (Phi) is 4.12. The molecule has 1 rings (SSSR count). The van der Waals surface area contributed by atoms with E-state index in [4.69, 9.17) is 0 Å². The first-order chi connectivity index (χ1) is 6.72. The largest absolute Gasteiger partial charge is 0.469 e. The number of hydrogen-bond donors (Lipinski definition) is 1. The van der Waals surface area contributed by atoms with Gasteiger partial charge in [-0.1, -0.05) is 0 Å². The van der Waals surface area contributed by atoms with Crippen LogP contribution in [0.25, 0.3) is 0 Å². The monoisotopic (exact) mass is 197 g/mol. The number of rotatable bonds is 5. The van der Waals surface area contributed by atoms with E-state index in [9.17, 15) is 4.79 Å². The van der Waals surface area contributed by atoms with Gasteiger partial charge in [0.05, 0.1) is 19.7 Å². The Balaban J connectivity index is 2.13. The molecule has 1 N–H and O–H groups in total. The quantitative estimate of drug-likeness (QED) is 0.536. The van der Waals surface area contributed by atoms with Gasteiger partial charge in [0, 0.05) is 31.9 Å². The van der Waals surface area contributed by atoms with Gasteiger partial charge in [-0.25, -0.2) is 0 Å². The summed E-state index contributed by atoms with van der Waals surface area (Å²) in [6, 6.07) is 0. The number of ether oxygens (including phenoxy) is 1. The zero-order valence-corrected chi connectivity index (χ0v) is 8.49. The van der Waals surface area contributed by atoms with E-state index < -0.39 is 0 Å². The molecule has 5 heteroatoms. The van der Waals surface area contributed by atoms with Crippen LogP contribution in [0.4, 0.5) is 0 Å². The van der Waals surface area contributed by atoms with Gasteiger partial charge < -0.3 is 10.1 Å². The summed E-state index contributed by atoms with van der Waals surface area (Å²) in [5, 5.41) is 7.16. The lowest BCUT2D eigenvalue weighted by atomic mass is 10.3. The summed E-state index contributed by atoms with van der Waals surface area (Å²) >= 11 is 0. The van der Waals surface area contributed by atoms with Gasteiger partial charge in [0.2, 0.25) is 0 Å². The molecule has 1 heterocycles. The highest BCUT2D eigenvalue weighted by Crippen LogP contribution is 1.94. The van der Waals surface area contributed by atoms with Crippen LogP contribution in [0, 0.1) is 0 Å². The van der Waals surface area contributed by atoms with Crippen LogP contribution in [-0.2, 0) is 23.1 Å². The molecule has 0 aliphatic heterocycles. The van der Waals surface area contributed by atoms with Gasteiger partial charge in [-0.2, -0.15) is 5.10 Å². The van der Waals surface area contributed by atoms with Gasteiger partial charge in [-0.15, -0.1) is 0 Å². The molecule has 14 heavy (non-hydrogen) atoms. The van der Waals surface area contributed by atoms with Crippen molar-refractivity contribution >= 4 is 5.97 Å².